The maximum Gasteiger partial charge on any atom is 0.217 e. The molecule has 4 unspecified atom stereocenters. The lowest BCUT2D eigenvalue weighted by molar-refractivity contribution is -0.120. The van der Waals surface area contributed by atoms with Crippen LogP contribution in [0.4, 0.5) is 14.5 Å². The molecule has 0 aromatic heterocycles. The Morgan fingerprint density at radius 2 is 1.80 bits per heavy atom. The maximum absolute atomic E-state index is 13.6. The molecule has 8 heteroatoms. The zero-order chi connectivity index (χ0) is 25.9. The highest BCUT2D eigenvalue weighted by atomic mass is 19.1. The normalized spacial score (nSPS) is 18.5. The number of aliphatic hydroxyl groups excluding tert-OH is 2. The van der Waals surface area contributed by atoms with Crippen molar-refractivity contribution in [2.75, 3.05) is 25.0 Å². The predicted octanol–water partition coefficient (Wildman–Crippen LogP) is 3.62. The molecule has 0 saturated carbocycles. The molecule has 1 aliphatic rings. The van der Waals surface area contributed by atoms with Gasteiger partial charge in [0, 0.05) is 44.9 Å². The third kappa shape index (κ3) is 6.99. The van der Waals surface area contributed by atoms with Crippen LogP contribution in [0.2, 0.25) is 0 Å². The molecule has 0 saturated heterocycles. The molecule has 1 heterocycles. The number of carbonyl (C=O) groups is 1. The Kier molecular flexibility index (Phi) is 8.51. The minimum Gasteiger partial charge on any atom is -0.390 e. The summed E-state index contributed by atoms with van der Waals surface area (Å²) in [5.41, 5.74) is 2.97. The molecule has 6 nitrogen and oxygen atoms in total. The first-order chi connectivity index (χ1) is 16.3. The third-order valence-corrected chi connectivity index (χ3v) is 6.53. The van der Waals surface area contributed by atoms with Crippen LogP contribution in [0.5, 0.6) is 0 Å². The van der Waals surface area contributed by atoms with Crippen molar-refractivity contribution >= 4 is 11.6 Å². The van der Waals surface area contributed by atoms with Crippen molar-refractivity contribution < 1.29 is 23.8 Å². The average Bonchev–Trinajstić information content (AvgIpc) is 2.75. The summed E-state index contributed by atoms with van der Waals surface area (Å²) in [5, 5.41) is 27.8. The van der Waals surface area contributed by atoms with Crippen molar-refractivity contribution in [1.82, 2.24) is 10.6 Å². The van der Waals surface area contributed by atoms with Gasteiger partial charge in [0.2, 0.25) is 5.91 Å². The molecule has 1 aliphatic heterocycles. The van der Waals surface area contributed by atoms with Gasteiger partial charge in [0.15, 0.2) is 0 Å². The largest absolute Gasteiger partial charge is 0.390 e. The van der Waals surface area contributed by atoms with Gasteiger partial charge in [0.25, 0.3) is 0 Å². The summed E-state index contributed by atoms with van der Waals surface area (Å²) in [6.45, 7) is 8.29. The lowest BCUT2D eigenvalue weighted by Crippen LogP contribution is -2.49. The summed E-state index contributed by atoms with van der Waals surface area (Å²) in [5.74, 6) is -1.74. The maximum atomic E-state index is 13.6. The van der Waals surface area contributed by atoms with Gasteiger partial charge in [-0.2, -0.15) is 0 Å². The van der Waals surface area contributed by atoms with Gasteiger partial charge in [-0.25, -0.2) is 8.78 Å². The Bertz CT molecular complexity index is 1020. The molecule has 1 amide bonds. The minimum absolute atomic E-state index is 0.0624. The fraction of sp³-hybridized carbons (Fsp3) is 0.519. The smallest absolute Gasteiger partial charge is 0.217 e. The van der Waals surface area contributed by atoms with Gasteiger partial charge in [0.05, 0.1) is 18.2 Å². The van der Waals surface area contributed by atoms with E-state index in [1.54, 1.807) is 0 Å². The van der Waals surface area contributed by atoms with Crippen LogP contribution in [0.3, 0.4) is 0 Å². The van der Waals surface area contributed by atoms with E-state index in [4.69, 9.17) is 0 Å². The van der Waals surface area contributed by atoms with Gasteiger partial charge in [0.1, 0.15) is 11.6 Å². The van der Waals surface area contributed by atoms with E-state index in [0.29, 0.717) is 5.56 Å². The Balaban J connectivity index is 1.77. The standard InChI is InChI=1S/C27H37F2N3O3/c1-16(33)31-23(12-17-10-19(28)14-20(29)11-17)25(34)15-30-22-8-9-32(5)24-7-6-18(13-21(22)24)26(35)27(2,3)4/h6-7,10-11,13-14,22-23,25-26,30,34-35H,8-9,12,15H2,1-5H3,(H,31,33). The number of benzene rings is 2. The van der Waals surface area contributed by atoms with E-state index in [1.807, 2.05) is 46.0 Å². The zero-order valence-corrected chi connectivity index (χ0v) is 21.1. The molecule has 0 radical (unpaired) electrons. The van der Waals surface area contributed by atoms with Crippen LogP contribution < -0.4 is 15.5 Å². The molecule has 0 bridgehead atoms. The molecule has 0 aliphatic carbocycles. The van der Waals surface area contributed by atoms with Crippen LogP contribution in [0.1, 0.15) is 63.0 Å². The molecule has 35 heavy (non-hydrogen) atoms. The first-order valence-electron chi connectivity index (χ1n) is 12.0. The van der Waals surface area contributed by atoms with Crippen molar-refractivity contribution in [2.45, 2.75) is 64.8 Å². The second-order valence-electron chi connectivity index (χ2n) is 10.6. The lowest BCUT2D eigenvalue weighted by Gasteiger charge is -2.36. The highest BCUT2D eigenvalue weighted by molar-refractivity contribution is 5.73. The summed E-state index contributed by atoms with van der Waals surface area (Å²) in [7, 11) is 2.02. The summed E-state index contributed by atoms with van der Waals surface area (Å²) in [4.78, 5) is 13.9. The number of aliphatic hydroxyl groups is 2. The second kappa shape index (κ2) is 11.0. The molecular formula is C27H37F2N3O3. The quantitative estimate of drug-likeness (QED) is 0.455. The van der Waals surface area contributed by atoms with Crippen molar-refractivity contribution in [3.05, 3.63) is 64.7 Å². The van der Waals surface area contributed by atoms with Crippen molar-refractivity contribution in [1.29, 1.82) is 0 Å². The monoisotopic (exact) mass is 489 g/mol. The Morgan fingerprint density at radius 3 is 2.40 bits per heavy atom. The van der Waals surface area contributed by atoms with Crippen LogP contribution in [0.25, 0.3) is 0 Å². The van der Waals surface area contributed by atoms with Gasteiger partial charge >= 0.3 is 0 Å². The summed E-state index contributed by atoms with van der Waals surface area (Å²) in [6, 6.07) is 8.40. The third-order valence-electron chi connectivity index (χ3n) is 6.53. The number of anilines is 1. The Morgan fingerprint density at radius 1 is 1.14 bits per heavy atom. The SMILES string of the molecule is CC(=O)NC(Cc1cc(F)cc(F)c1)C(O)CNC1CCN(C)c2ccc(C(O)C(C)(C)C)cc21. The number of fused-ring (bicyclic) bond motifs is 1. The number of halogens is 2. The van der Waals surface area contributed by atoms with E-state index in [-0.39, 0.29) is 30.3 Å². The number of rotatable bonds is 8. The summed E-state index contributed by atoms with van der Waals surface area (Å²) in [6.07, 6.45) is -0.729. The highest BCUT2D eigenvalue weighted by Gasteiger charge is 2.29. The van der Waals surface area contributed by atoms with Crippen molar-refractivity contribution in [3.63, 3.8) is 0 Å². The Hall–Kier alpha value is -2.55. The summed E-state index contributed by atoms with van der Waals surface area (Å²) >= 11 is 0. The number of nitrogens with one attached hydrogen (secondary N) is 2. The fourth-order valence-corrected chi connectivity index (χ4v) is 4.61. The van der Waals surface area contributed by atoms with Crippen LogP contribution in [0, 0.1) is 17.0 Å². The molecule has 192 valence electrons. The van der Waals surface area contributed by atoms with E-state index in [9.17, 15) is 23.8 Å². The highest BCUT2D eigenvalue weighted by Crippen LogP contribution is 2.38. The number of carbonyl (C=O) groups excluding carboxylic acids is 1. The molecule has 4 N–H and O–H groups in total. The van der Waals surface area contributed by atoms with Gasteiger partial charge in [-0.3, -0.25) is 4.79 Å². The number of amides is 1. The first-order valence-corrected chi connectivity index (χ1v) is 12.0. The predicted molar refractivity (Wildman–Crippen MR) is 133 cm³/mol. The number of hydrogen-bond acceptors (Lipinski definition) is 5. The molecule has 2 aromatic carbocycles. The molecular weight excluding hydrogens is 452 g/mol. The Labute approximate surface area is 206 Å². The first kappa shape index (κ1) is 27.0. The van der Waals surface area contributed by atoms with Gasteiger partial charge < -0.3 is 25.7 Å². The van der Waals surface area contributed by atoms with Crippen LogP contribution in [0.15, 0.2) is 36.4 Å². The topological polar surface area (TPSA) is 84.8 Å². The minimum atomic E-state index is -0.989. The van der Waals surface area contributed by atoms with E-state index < -0.39 is 29.9 Å². The van der Waals surface area contributed by atoms with Crippen LogP contribution >= 0.6 is 0 Å². The molecule has 0 fully saturated rings. The molecule has 3 rings (SSSR count). The number of hydrogen-bond donors (Lipinski definition) is 4. The molecule has 2 aromatic rings. The van der Waals surface area contributed by atoms with E-state index in [1.165, 1.54) is 19.1 Å². The van der Waals surface area contributed by atoms with Gasteiger partial charge in [-0.15, -0.1) is 0 Å². The molecule has 0 spiro atoms. The zero-order valence-electron chi connectivity index (χ0n) is 21.1. The molecule has 4 atom stereocenters. The fourth-order valence-electron chi connectivity index (χ4n) is 4.61. The lowest BCUT2D eigenvalue weighted by atomic mass is 9.83. The van der Waals surface area contributed by atoms with E-state index in [0.717, 1.165) is 35.8 Å². The summed E-state index contributed by atoms with van der Waals surface area (Å²) < 4.78 is 27.3. The average molecular weight is 490 g/mol. The second-order valence-corrected chi connectivity index (χ2v) is 10.6. The van der Waals surface area contributed by atoms with Crippen LogP contribution in [-0.4, -0.2) is 48.4 Å². The van der Waals surface area contributed by atoms with E-state index >= 15 is 0 Å². The van der Waals surface area contributed by atoms with Crippen LogP contribution in [-0.2, 0) is 11.2 Å². The van der Waals surface area contributed by atoms with Crippen molar-refractivity contribution in [3.8, 4) is 0 Å². The van der Waals surface area contributed by atoms with E-state index in [2.05, 4.69) is 15.5 Å². The van der Waals surface area contributed by atoms with Crippen molar-refractivity contribution in [2.24, 2.45) is 5.41 Å². The van der Waals surface area contributed by atoms with Gasteiger partial charge in [-0.05, 0) is 59.2 Å². The number of nitrogens with zero attached hydrogens (tertiary/aromatic N) is 1. The van der Waals surface area contributed by atoms with Gasteiger partial charge in [-0.1, -0.05) is 26.8 Å².